The van der Waals surface area contributed by atoms with E-state index < -0.39 is 0 Å². The van der Waals surface area contributed by atoms with Crippen LogP contribution in [0.3, 0.4) is 0 Å². The molecule has 0 N–H and O–H groups in total. The number of allylic oxidation sites excluding steroid dienone is 5. The summed E-state index contributed by atoms with van der Waals surface area (Å²) in [7, 11) is 0. The highest BCUT2D eigenvalue weighted by atomic mass is 13.8. The van der Waals surface area contributed by atoms with Crippen molar-refractivity contribution in [3.05, 3.63) is 37.0 Å². The Balaban J connectivity index is 3.21. The van der Waals surface area contributed by atoms with Gasteiger partial charge in [0.15, 0.2) is 0 Å². The zero-order valence-electron chi connectivity index (χ0n) is 7.29. The lowest BCUT2D eigenvalue weighted by Gasteiger charge is -1.85. The quantitative estimate of drug-likeness (QED) is 0.399. The minimum Gasteiger partial charge on any atom is -0.0845 e. The van der Waals surface area contributed by atoms with E-state index in [9.17, 15) is 0 Å². The van der Waals surface area contributed by atoms with Crippen LogP contribution in [0, 0.1) is 6.58 Å². The van der Waals surface area contributed by atoms with Gasteiger partial charge in [-0.1, -0.05) is 56.7 Å². The smallest absolute Gasteiger partial charge is 0.0163 e. The lowest BCUT2D eigenvalue weighted by Crippen LogP contribution is -1.65. The Morgan fingerprint density at radius 1 is 1.18 bits per heavy atom. The molecular weight excluding hydrogens is 132 g/mol. The summed E-state index contributed by atoms with van der Waals surface area (Å²) < 4.78 is 0. The predicted octanol–water partition coefficient (Wildman–Crippen LogP) is 3.67. The molecule has 0 aliphatic heterocycles. The van der Waals surface area contributed by atoms with Gasteiger partial charge in [-0.05, 0) is 12.8 Å². The van der Waals surface area contributed by atoms with Crippen molar-refractivity contribution in [2.45, 2.75) is 32.6 Å². The largest absolute Gasteiger partial charge is 0.0845 e. The third-order valence-corrected chi connectivity index (χ3v) is 1.38. The van der Waals surface area contributed by atoms with Crippen LogP contribution in [-0.4, -0.2) is 0 Å². The summed E-state index contributed by atoms with van der Waals surface area (Å²) in [5.74, 6) is 0. The Kier molecular flexibility index (Phi) is 8.57. The fourth-order valence-corrected chi connectivity index (χ4v) is 0.732. The van der Waals surface area contributed by atoms with E-state index in [0.29, 0.717) is 0 Å². The molecule has 0 heteroatoms. The number of hydrogen-bond donors (Lipinski definition) is 0. The molecule has 0 rings (SSSR count). The van der Waals surface area contributed by atoms with Crippen molar-refractivity contribution in [2.75, 3.05) is 0 Å². The summed E-state index contributed by atoms with van der Waals surface area (Å²) in [5, 5.41) is 0. The maximum atomic E-state index is 5.19. The van der Waals surface area contributed by atoms with E-state index in [1.165, 1.54) is 19.3 Å². The Hall–Kier alpha value is -0.780. The van der Waals surface area contributed by atoms with Crippen molar-refractivity contribution < 1.29 is 0 Å². The van der Waals surface area contributed by atoms with Crippen LogP contribution < -0.4 is 0 Å². The van der Waals surface area contributed by atoms with Crippen molar-refractivity contribution in [2.24, 2.45) is 0 Å². The number of hydrogen-bond acceptors (Lipinski definition) is 0. The van der Waals surface area contributed by atoms with Crippen LogP contribution in [0.2, 0.25) is 0 Å². The third-order valence-electron chi connectivity index (χ3n) is 1.38. The van der Waals surface area contributed by atoms with Crippen LogP contribution in [0.4, 0.5) is 0 Å². The summed E-state index contributed by atoms with van der Waals surface area (Å²) in [5.41, 5.74) is 0. The average Bonchev–Trinajstić information content (AvgIpc) is 2.03. The third kappa shape index (κ3) is 9.22. The molecule has 1 radical (unpaired) electrons. The van der Waals surface area contributed by atoms with Crippen LogP contribution in [0.15, 0.2) is 30.4 Å². The minimum atomic E-state index is 0.859. The number of rotatable bonds is 6. The Bertz CT molecular complexity index is 129. The fraction of sp³-hybridized carbons (Fsp3) is 0.455. The van der Waals surface area contributed by atoms with Gasteiger partial charge in [0.25, 0.3) is 0 Å². The van der Waals surface area contributed by atoms with Gasteiger partial charge in [0.2, 0.25) is 0 Å². The van der Waals surface area contributed by atoms with Gasteiger partial charge in [0.1, 0.15) is 0 Å². The molecule has 0 atom stereocenters. The van der Waals surface area contributed by atoms with Crippen molar-refractivity contribution >= 4 is 0 Å². The first-order chi connectivity index (χ1) is 5.41. The Labute approximate surface area is 70.3 Å². The number of unbranched alkanes of at least 4 members (excludes halogenated alkanes) is 2. The monoisotopic (exact) mass is 149 g/mol. The van der Waals surface area contributed by atoms with Crippen LogP contribution in [-0.2, 0) is 0 Å². The molecular formula is C11H17. The van der Waals surface area contributed by atoms with Gasteiger partial charge in [-0.15, -0.1) is 0 Å². The normalized spacial score (nSPS) is 11.4. The highest BCUT2D eigenvalue weighted by molar-refractivity contribution is 5.03. The molecule has 61 valence electrons. The van der Waals surface area contributed by atoms with E-state index in [-0.39, 0.29) is 0 Å². The molecule has 0 amide bonds. The highest BCUT2D eigenvalue weighted by Gasteiger charge is 1.74. The highest BCUT2D eigenvalue weighted by Crippen LogP contribution is 1.95. The van der Waals surface area contributed by atoms with E-state index in [0.717, 1.165) is 6.42 Å². The van der Waals surface area contributed by atoms with Crippen molar-refractivity contribution in [3.8, 4) is 0 Å². The molecule has 0 fully saturated rings. The van der Waals surface area contributed by atoms with Crippen molar-refractivity contribution in [3.63, 3.8) is 0 Å². The lowest BCUT2D eigenvalue weighted by molar-refractivity contribution is 0.815. The maximum Gasteiger partial charge on any atom is -0.0163 e. The summed E-state index contributed by atoms with van der Waals surface area (Å²) >= 11 is 0. The molecule has 0 unspecified atom stereocenters. The molecule has 0 nitrogen and oxygen atoms in total. The molecule has 0 aromatic carbocycles. The zero-order chi connectivity index (χ0) is 8.36. The molecule has 0 spiro atoms. The molecule has 0 saturated heterocycles. The molecule has 0 saturated carbocycles. The minimum absolute atomic E-state index is 0.859. The first-order valence-electron chi connectivity index (χ1n) is 4.27. The van der Waals surface area contributed by atoms with Crippen LogP contribution in [0.5, 0.6) is 0 Å². The summed E-state index contributed by atoms with van der Waals surface area (Å²) in [6, 6.07) is 0. The Morgan fingerprint density at radius 3 is 2.55 bits per heavy atom. The van der Waals surface area contributed by atoms with Gasteiger partial charge in [-0.2, -0.15) is 0 Å². The standard InChI is InChI=1S/C11H17/c1-3-5-7-9-11-10-8-6-4-2/h1,3,7,9-11H,4-6,8H2,2H3. The van der Waals surface area contributed by atoms with E-state index in [1.54, 1.807) is 6.08 Å². The van der Waals surface area contributed by atoms with Gasteiger partial charge >= 0.3 is 0 Å². The van der Waals surface area contributed by atoms with Crippen molar-refractivity contribution in [1.29, 1.82) is 0 Å². The topological polar surface area (TPSA) is 0 Å². The van der Waals surface area contributed by atoms with Crippen LogP contribution in [0.1, 0.15) is 32.6 Å². The fourth-order valence-electron chi connectivity index (χ4n) is 0.732. The summed E-state index contributed by atoms with van der Waals surface area (Å²) in [6.07, 6.45) is 14.6. The van der Waals surface area contributed by atoms with Gasteiger partial charge in [-0.25, -0.2) is 0 Å². The second kappa shape index (κ2) is 9.22. The molecule has 0 aliphatic rings. The molecule has 0 aromatic heterocycles. The van der Waals surface area contributed by atoms with Crippen LogP contribution in [0.25, 0.3) is 0 Å². The van der Waals surface area contributed by atoms with Gasteiger partial charge in [0.05, 0.1) is 0 Å². The molecule has 0 aromatic rings. The van der Waals surface area contributed by atoms with Gasteiger partial charge in [-0.3, -0.25) is 0 Å². The van der Waals surface area contributed by atoms with E-state index >= 15 is 0 Å². The molecule has 0 aliphatic carbocycles. The Morgan fingerprint density at radius 2 is 1.91 bits per heavy atom. The van der Waals surface area contributed by atoms with E-state index in [1.807, 2.05) is 12.2 Å². The summed E-state index contributed by atoms with van der Waals surface area (Å²) in [4.78, 5) is 0. The molecule has 11 heavy (non-hydrogen) atoms. The lowest BCUT2D eigenvalue weighted by atomic mass is 10.2. The molecule has 0 heterocycles. The van der Waals surface area contributed by atoms with Crippen molar-refractivity contribution in [1.82, 2.24) is 0 Å². The second-order valence-corrected chi connectivity index (χ2v) is 2.47. The van der Waals surface area contributed by atoms with E-state index in [4.69, 9.17) is 6.58 Å². The second-order valence-electron chi connectivity index (χ2n) is 2.47. The van der Waals surface area contributed by atoms with E-state index in [2.05, 4.69) is 19.1 Å². The predicted molar refractivity (Wildman–Crippen MR) is 51.3 cm³/mol. The first kappa shape index (κ1) is 10.2. The first-order valence-corrected chi connectivity index (χ1v) is 4.27. The van der Waals surface area contributed by atoms with Gasteiger partial charge in [0, 0.05) is 0 Å². The SMILES string of the molecule is [CH]=CCC=CC=CCCCC. The summed E-state index contributed by atoms with van der Waals surface area (Å²) in [6.45, 7) is 7.39. The maximum absolute atomic E-state index is 5.19. The van der Waals surface area contributed by atoms with Gasteiger partial charge < -0.3 is 0 Å². The zero-order valence-corrected chi connectivity index (χ0v) is 7.29. The van der Waals surface area contributed by atoms with Crippen LogP contribution >= 0.6 is 0 Å². The molecule has 0 bridgehead atoms. The average molecular weight is 149 g/mol.